The second kappa shape index (κ2) is 40.8. The Hall–Kier alpha value is -1.24. The van der Waals surface area contributed by atoms with E-state index in [0.29, 0.717) is 13.1 Å². The fourth-order valence-electron chi connectivity index (χ4n) is 6.31. The molecular weight excluding hydrogens is 528 g/mol. The van der Waals surface area contributed by atoms with Crippen LogP contribution in [0.3, 0.4) is 0 Å². The summed E-state index contributed by atoms with van der Waals surface area (Å²) in [6.45, 7) is 1.33. The third-order valence-corrected chi connectivity index (χ3v) is 9.17. The van der Waals surface area contributed by atoms with Gasteiger partial charge >= 0.3 is 0 Å². The van der Waals surface area contributed by atoms with Gasteiger partial charge in [0.1, 0.15) is 0 Å². The number of rotatable bonds is 38. The van der Waals surface area contributed by atoms with Gasteiger partial charge in [-0.1, -0.05) is 212 Å². The van der Waals surface area contributed by atoms with E-state index in [-0.39, 0.29) is 0 Å². The van der Waals surface area contributed by atoms with Crippen LogP contribution in [0.2, 0.25) is 0 Å². The van der Waals surface area contributed by atoms with Crippen molar-refractivity contribution in [2.24, 2.45) is 9.98 Å². The summed E-state index contributed by atoms with van der Waals surface area (Å²) in [6.07, 6.45) is 52.0. The minimum Gasteiger partial charge on any atom is -0.211 e. The van der Waals surface area contributed by atoms with Crippen LogP contribution >= 0.6 is 0 Å². The average molecular weight is 603 g/mol. The van der Waals surface area contributed by atoms with Crippen molar-refractivity contribution in [2.45, 2.75) is 225 Å². The maximum absolute atomic E-state index is 10.00. The molecule has 252 valence electrons. The highest BCUT2D eigenvalue weighted by atomic mass is 16.1. The summed E-state index contributed by atoms with van der Waals surface area (Å²) >= 11 is 0. The van der Waals surface area contributed by atoms with Crippen LogP contribution in [0, 0.1) is 0 Å². The zero-order valence-corrected chi connectivity index (χ0v) is 28.9. The number of aliphatic imine (C=N–C) groups is 2. The molecular formula is C39H74N2O2. The molecule has 0 aromatic heterocycles. The predicted molar refractivity (Wildman–Crippen MR) is 188 cm³/mol. The molecule has 4 heteroatoms. The molecule has 0 spiro atoms. The Bertz CT molecular complexity index is 558. The summed E-state index contributed by atoms with van der Waals surface area (Å²) in [4.78, 5) is 27.2. The first kappa shape index (κ1) is 41.8. The smallest absolute Gasteiger partial charge is 0.211 e. The molecule has 0 saturated carbocycles. The van der Waals surface area contributed by atoms with E-state index in [1.54, 1.807) is 12.2 Å². The summed E-state index contributed by atoms with van der Waals surface area (Å²) in [5.41, 5.74) is 0. The summed E-state index contributed by atoms with van der Waals surface area (Å²) in [5.74, 6) is 0. The molecule has 0 saturated heterocycles. The molecule has 0 atom stereocenters. The van der Waals surface area contributed by atoms with Gasteiger partial charge in [-0.05, 0) is 12.8 Å². The molecule has 0 aromatic rings. The van der Waals surface area contributed by atoms with Crippen molar-refractivity contribution in [1.82, 2.24) is 0 Å². The Kier molecular flexibility index (Phi) is 39.6. The van der Waals surface area contributed by atoms with E-state index in [1.165, 1.54) is 212 Å². The first-order chi connectivity index (χ1) is 21.4. The third-order valence-electron chi connectivity index (χ3n) is 9.17. The molecule has 4 nitrogen and oxygen atoms in total. The fraction of sp³-hybridized carbons (Fsp3) is 0.949. The molecule has 0 heterocycles. The number of isocyanates is 2. The lowest BCUT2D eigenvalue weighted by molar-refractivity contribution is 0.510. The lowest BCUT2D eigenvalue weighted by Gasteiger charge is -2.05. The quantitative estimate of drug-likeness (QED) is 0.0401. The van der Waals surface area contributed by atoms with E-state index in [0.717, 1.165) is 12.8 Å². The zero-order chi connectivity index (χ0) is 31.0. The van der Waals surface area contributed by atoms with Crippen molar-refractivity contribution in [1.29, 1.82) is 0 Å². The Morgan fingerprint density at radius 2 is 0.326 bits per heavy atom. The topological polar surface area (TPSA) is 58.9 Å². The average Bonchev–Trinajstić information content (AvgIpc) is 3.02. The van der Waals surface area contributed by atoms with Crippen LogP contribution in [-0.4, -0.2) is 25.2 Å². The maximum atomic E-state index is 10.00. The highest BCUT2D eigenvalue weighted by molar-refractivity contribution is 5.32. The highest BCUT2D eigenvalue weighted by Crippen LogP contribution is 2.17. The lowest BCUT2D eigenvalue weighted by atomic mass is 10.0. The van der Waals surface area contributed by atoms with Crippen molar-refractivity contribution in [3.05, 3.63) is 0 Å². The van der Waals surface area contributed by atoms with Gasteiger partial charge in [0.15, 0.2) is 0 Å². The maximum Gasteiger partial charge on any atom is 0.234 e. The minimum absolute atomic E-state index is 0.665. The van der Waals surface area contributed by atoms with E-state index in [2.05, 4.69) is 9.98 Å². The molecule has 0 bridgehead atoms. The van der Waals surface area contributed by atoms with Gasteiger partial charge in [0.2, 0.25) is 12.2 Å². The molecule has 0 amide bonds. The van der Waals surface area contributed by atoms with E-state index < -0.39 is 0 Å². The molecule has 0 aliphatic carbocycles. The van der Waals surface area contributed by atoms with Crippen molar-refractivity contribution in [3.63, 3.8) is 0 Å². The van der Waals surface area contributed by atoms with Gasteiger partial charge in [0, 0.05) is 0 Å². The van der Waals surface area contributed by atoms with Gasteiger partial charge in [-0.2, -0.15) is 0 Å². The first-order valence-corrected chi connectivity index (χ1v) is 19.5. The Balaban J connectivity index is 3.04. The van der Waals surface area contributed by atoms with Gasteiger partial charge in [0.05, 0.1) is 13.1 Å². The van der Waals surface area contributed by atoms with Crippen LogP contribution in [-0.2, 0) is 9.59 Å². The fourth-order valence-corrected chi connectivity index (χ4v) is 6.31. The molecule has 0 aliphatic heterocycles. The van der Waals surface area contributed by atoms with Crippen molar-refractivity contribution in [2.75, 3.05) is 13.1 Å². The minimum atomic E-state index is 0.665. The first-order valence-electron chi connectivity index (χ1n) is 19.5. The standard InChI is InChI=1S/C39H74N2O2/c42-38-40-36-34-32-30-28-26-24-22-20-18-16-14-12-10-8-6-4-2-1-3-5-7-9-11-13-15-17-19-21-23-25-27-29-31-33-35-37-41-39-43/h1-37H2. The number of nitrogens with zero attached hydrogens (tertiary/aromatic N) is 2. The van der Waals surface area contributed by atoms with Gasteiger partial charge < -0.3 is 0 Å². The molecule has 0 aromatic carbocycles. The molecule has 0 N–H and O–H groups in total. The lowest BCUT2D eigenvalue weighted by Crippen LogP contribution is -1.85. The van der Waals surface area contributed by atoms with Crippen molar-refractivity contribution >= 4 is 12.2 Å². The van der Waals surface area contributed by atoms with Crippen LogP contribution in [0.1, 0.15) is 225 Å². The van der Waals surface area contributed by atoms with Gasteiger partial charge in [-0.3, -0.25) is 0 Å². The van der Waals surface area contributed by atoms with Crippen LogP contribution < -0.4 is 0 Å². The predicted octanol–water partition coefficient (Wildman–Crippen LogP) is 13.3. The van der Waals surface area contributed by atoms with Crippen LogP contribution in [0.5, 0.6) is 0 Å². The summed E-state index contributed by atoms with van der Waals surface area (Å²) in [5, 5.41) is 0. The Morgan fingerprint density at radius 1 is 0.209 bits per heavy atom. The summed E-state index contributed by atoms with van der Waals surface area (Å²) in [7, 11) is 0. The van der Waals surface area contributed by atoms with Crippen molar-refractivity contribution in [3.8, 4) is 0 Å². The number of hydrogen-bond donors (Lipinski definition) is 0. The SMILES string of the molecule is O=C=NCCCCCCCCCCCCCCCCCCCCCCCCCCCCCCCCCCCCCN=C=O. The van der Waals surface area contributed by atoms with Gasteiger partial charge in [-0.25, -0.2) is 19.6 Å². The monoisotopic (exact) mass is 603 g/mol. The highest BCUT2D eigenvalue weighted by Gasteiger charge is 1.97. The number of hydrogen-bond acceptors (Lipinski definition) is 4. The molecule has 0 radical (unpaired) electrons. The number of unbranched alkanes of at least 4 members (excludes halogenated alkanes) is 34. The molecule has 0 rings (SSSR count). The molecule has 0 fully saturated rings. The Morgan fingerprint density at radius 3 is 0.442 bits per heavy atom. The molecule has 0 aliphatic rings. The van der Waals surface area contributed by atoms with Crippen LogP contribution in [0.15, 0.2) is 9.98 Å². The van der Waals surface area contributed by atoms with E-state index >= 15 is 0 Å². The van der Waals surface area contributed by atoms with Crippen LogP contribution in [0.25, 0.3) is 0 Å². The Labute approximate surface area is 269 Å². The second-order valence-electron chi connectivity index (χ2n) is 13.3. The largest absolute Gasteiger partial charge is 0.234 e. The van der Waals surface area contributed by atoms with Crippen molar-refractivity contribution < 1.29 is 9.59 Å². The normalized spacial score (nSPS) is 11.0. The summed E-state index contributed by atoms with van der Waals surface area (Å²) < 4.78 is 0. The number of carbonyl (C=O) groups excluding carboxylic acids is 2. The van der Waals surface area contributed by atoms with E-state index in [4.69, 9.17) is 0 Å². The van der Waals surface area contributed by atoms with Gasteiger partial charge in [0.25, 0.3) is 0 Å². The zero-order valence-electron chi connectivity index (χ0n) is 28.9. The molecule has 0 unspecified atom stereocenters. The summed E-state index contributed by atoms with van der Waals surface area (Å²) in [6, 6.07) is 0. The third kappa shape index (κ3) is 40.8. The van der Waals surface area contributed by atoms with E-state index in [9.17, 15) is 9.59 Å². The molecule has 43 heavy (non-hydrogen) atoms. The van der Waals surface area contributed by atoms with Crippen LogP contribution in [0.4, 0.5) is 0 Å². The van der Waals surface area contributed by atoms with Gasteiger partial charge in [-0.15, -0.1) is 0 Å². The van der Waals surface area contributed by atoms with E-state index in [1.807, 2.05) is 0 Å². The second-order valence-corrected chi connectivity index (χ2v) is 13.3.